The van der Waals surface area contributed by atoms with Gasteiger partial charge in [0, 0.05) is 10.9 Å². The van der Waals surface area contributed by atoms with Gasteiger partial charge in [0.1, 0.15) is 0 Å². The lowest BCUT2D eigenvalue weighted by Gasteiger charge is -2.33. The zero-order chi connectivity index (χ0) is 17.2. The predicted molar refractivity (Wildman–Crippen MR) is 94.9 cm³/mol. The third-order valence-corrected chi connectivity index (χ3v) is 5.63. The molecule has 23 heavy (non-hydrogen) atoms. The molecule has 128 valence electrons. The largest absolute Gasteiger partial charge is 0.352 e. The van der Waals surface area contributed by atoms with Gasteiger partial charge in [-0.25, -0.2) is 0 Å². The van der Waals surface area contributed by atoms with Gasteiger partial charge in [-0.15, -0.1) is 11.3 Å². The molecule has 0 unspecified atom stereocenters. The van der Waals surface area contributed by atoms with Gasteiger partial charge < -0.3 is 10.6 Å². The highest BCUT2D eigenvalue weighted by Crippen LogP contribution is 2.40. The van der Waals surface area contributed by atoms with Crippen LogP contribution in [0.5, 0.6) is 0 Å². The van der Waals surface area contributed by atoms with Crippen molar-refractivity contribution in [1.82, 2.24) is 10.6 Å². The number of carbonyl (C=O) groups is 2. The van der Waals surface area contributed by atoms with Crippen molar-refractivity contribution in [3.05, 3.63) is 21.4 Å². The van der Waals surface area contributed by atoms with Crippen LogP contribution in [0.4, 0.5) is 0 Å². The molecule has 1 aromatic rings. The van der Waals surface area contributed by atoms with Gasteiger partial charge in [0.25, 0.3) is 5.91 Å². The standard InChI is InChI=1S/C18H28N2O2S/c1-11(2)20-16(21)10-19-17(22)15-9-12-8-13(18(3,4)5)6-7-14(12)23-15/h9,11,13H,6-8,10H2,1-5H3,(H,19,22)(H,20,21)/t13-/m1/s1. The van der Waals surface area contributed by atoms with Crippen molar-refractivity contribution in [1.29, 1.82) is 0 Å². The van der Waals surface area contributed by atoms with E-state index in [1.54, 1.807) is 11.3 Å². The van der Waals surface area contributed by atoms with Crippen molar-refractivity contribution in [2.24, 2.45) is 11.3 Å². The second kappa shape index (κ2) is 7.04. The predicted octanol–water partition coefficient (Wildman–Crippen LogP) is 3.15. The molecule has 0 spiro atoms. The van der Waals surface area contributed by atoms with Gasteiger partial charge in [0.2, 0.25) is 5.91 Å². The van der Waals surface area contributed by atoms with Crippen LogP contribution in [0, 0.1) is 11.3 Å². The molecule has 5 heteroatoms. The second-order valence-electron chi connectivity index (χ2n) is 7.77. The van der Waals surface area contributed by atoms with Gasteiger partial charge in [0.05, 0.1) is 11.4 Å². The van der Waals surface area contributed by atoms with Crippen molar-refractivity contribution in [2.45, 2.75) is 59.9 Å². The lowest BCUT2D eigenvalue weighted by atomic mass is 9.72. The van der Waals surface area contributed by atoms with E-state index in [-0.39, 0.29) is 24.4 Å². The van der Waals surface area contributed by atoms with E-state index in [0.29, 0.717) is 11.3 Å². The van der Waals surface area contributed by atoms with Gasteiger partial charge in [-0.3, -0.25) is 9.59 Å². The first-order valence-corrected chi connectivity index (χ1v) is 9.17. The highest BCUT2D eigenvalue weighted by Gasteiger charge is 2.30. The van der Waals surface area contributed by atoms with Gasteiger partial charge in [-0.2, -0.15) is 0 Å². The third kappa shape index (κ3) is 4.80. The number of rotatable bonds is 4. The van der Waals surface area contributed by atoms with Crippen LogP contribution in [0.3, 0.4) is 0 Å². The smallest absolute Gasteiger partial charge is 0.261 e. The zero-order valence-electron chi connectivity index (χ0n) is 14.8. The molecule has 1 aliphatic rings. The van der Waals surface area contributed by atoms with Gasteiger partial charge in [-0.05, 0) is 56.1 Å². The molecule has 2 amide bonds. The fourth-order valence-corrected chi connectivity index (χ4v) is 4.12. The highest BCUT2D eigenvalue weighted by atomic mass is 32.1. The van der Waals surface area contributed by atoms with E-state index >= 15 is 0 Å². The number of fused-ring (bicyclic) bond motifs is 1. The summed E-state index contributed by atoms with van der Waals surface area (Å²) in [6, 6.07) is 2.11. The summed E-state index contributed by atoms with van der Waals surface area (Å²) in [5.74, 6) is 0.371. The van der Waals surface area contributed by atoms with E-state index in [9.17, 15) is 9.59 Å². The van der Waals surface area contributed by atoms with E-state index in [1.807, 2.05) is 19.9 Å². The second-order valence-corrected chi connectivity index (χ2v) is 8.91. The highest BCUT2D eigenvalue weighted by molar-refractivity contribution is 7.14. The molecule has 1 atom stereocenters. The molecule has 2 rings (SSSR count). The van der Waals surface area contributed by atoms with Crippen molar-refractivity contribution in [3.63, 3.8) is 0 Å². The normalized spacial score (nSPS) is 17.7. The number of carbonyl (C=O) groups excluding carboxylic acids is 2. The molecule has 0 radical (unpaired) electrons. The molecule has 4 nitrogen and oxygen atoms in total. The monoisotopic (exact) mass is 336 g/mol. The molecule has 0 aromatic carbocycles. The van der Waals surface area contributed by atoms with Gasteiger partial charge in [0.15, 0.2) is 0 Å². The fraction of sp³-hybridized carbons (Fsp3) is 0.667. The van der Waals surface area contributed by atoms with Gasteiger partial charge >= 0.3 is 0 Å². The molecule has 0 saturated heterocycles. The van der Waals surface area contributed by atoms with Crippen LogP contribution in [0.2, 0.25) is 0 Å². The van der Waals surface area contributed by atoms with Crippen molar-refractivity contribution >= 4 is 23.2 Å². The average Bonchev–Trinajstić information content (AvgIpc) is 2.86. The number of thiophene rings is 1. The van der Waals surface area contributed by atoms with Crippen LogP contribution in [0.1, 0.15) is 61.2 Å². The molecule has 1 aliphatic carbocycles. The van der Waals surface area contributed by atoms with Crippen LogP contribution < -0.4 is 10.6 Å². The molecule has 1 aromatic heterocycles. The SMILES string of the molecule is CC(C)NC(=O)CNC(=O)c1cc2c(s1)CC[C@@H](C(C)(C)C)C2. The number of amides is 2. The molecule has 0 fully saturated rings. The Morgan fingerprint density at radius 2 is 2.04 bits per heavy atom. The number of nitrogens with one attached hydrogen (secondary N) is 2. The maximum absolute atomic E-state index is 12.3. The Morgan fingerprint density at radius 3 is 2.65 bits per heavy atom. The number of hydrogen-bond donors (Lipinski definition) is 2. The first-order valence-electron chi connectivity index (χ1n) is 8.36. The number of hydrogen-bond acceptors (Lipinski definition) is 3. The van der Waals surface area contributed by atoms with E-state index in [1.165, 1.54) is 16.9 Å². The molecule has 0 saturated carbocycles. The summed E-state index contributed by atoms with van der Waals surface area (Å²) in [5.41, 5.74) is 1.62. The lowest BCUT2D eigenvalue weighted by Crippen LogP contribution is -2.39. The minimum absolute atomic E-state index is 0.0319. The van der Waals surface area contributed by atoms with Crippen LogP contribution >= 0.6 is 11.3 Å². The number of aryl methyl sites for hydroxylation is 1. The lowest BCUT2D eigenvalue weighted by molar-refractivity contribution is -0.120. The average molecular weight is 337 g/mol. The first kappa shape index (κ1) is 18.0. The van der Waals surface area contributed by atoms with Crippen molar-refractivity contribution < 1.29 is 9.59 Å². The summed E-state index contributed by atoms with van der Waals surface area (Å²) in [5, 5.41) is 5.48. The summed E-state index contributed by atoms with van der Waals surface area (Å²) < 4.78 is 0. The Kier molecular flexibility index (Phi) is 5.50. The summed E-state index contributed by atoms with van der Waals surface area (Å²) in [4.78, 5) is 25.9. The minimum Gasteiger partial charge on any atom is -0.352 e. The molecular formula is C18H28N2O2S. The van der Waals surface area contributed by atoms with Gasteiger partial charge in [-0.1, -0.05) is 20.8 Å². The Morgan fingerprint density at radius 1 is 1.35 bits per heavy atom. The van der Waals surface area contributed by atoms with Crippen molar-refractivity contribution in [2.75, 3.05) is 6.54 Å². The van der Waals surface area contributed by atoms with E-state index in [2.05, 4.69) is 31.4 Å². The first-order chi connectivity index (χ1) is 10.7. The minimum atomic E-state index is -0.150. The van der Waals surface area contributed by atoms with E-state index in [0.717, 1.165) is 17.7 Å². The Bertz CT molecular complexity index is 584. The third-order valence-electron chi connectivity index (χ3n) is 4.39. The Balaban J connectivity index is 1.97. The quantitative estimate of drug-likeness (QED) is 0.887. The topological polar surface area (TPSA) is 58.2 Å². The summed E-state index contributed by atoms with van der Waals surface area (Å²) in [7, 11) is 0. The summed E-state index contributed by atoms with van der Waals surface area (Å²) in [6.07, 6.45) is 3.30. The van der Waals surface area contributed by atoms with E-state index in [4.69, 9.17) is 0 Å². The summed E-state index contributed by atoms with van der Waals surface area (Å²) in [6.45, 7) is 10.7. The van der Waals surface area contributed by atoms with Crippen LogP contribution in [0.15, 0.2) is 6.07 Å². The molecular weight excluding hydrogens is 308 g/mol. The van der Waals surface area contributed by atoms with Crippen LogP contribution in [-0.2, 0) is 17.6 Å². The van der Waals surface area contributed by atoms with E-state index < -0.39 is 0 Å². The van der Waals surface area contributed by atoms with Crippen molar-refractivity contribution in [3.8, 4) is 0 Å². The fourth-order valence-electron chi connectivity index (χ4n) is 3.00. The zero-order valence-corrected chi connectivity index (χ0v) is 15.6. The molecule has 1 heterocycles. The molecule has 2 N–H and O–H groups in total. The molecule has 0 aliphatic heterocycles. The van der Waals surface area contributed by atoms with Crippen LogP contribution in [-0.4, -0.2) is 24.4 Å². The maximum atomic E-state index is 12.3. The maximum Gasteiger partial charge on any atom is 0.261 e. The van der Waals surface area contributed by atoms with Crippen LogP contribution in [0.25, 0.3) is 0 Å². The Hall–Kier alpha value is -1.36. The summed E-state index contributed by atoms with van der Waals surface area (Å²) >= 11 is 1.58. The Labute approximate surface area is 143 Å². The molecule has 0 bridgehead atoms.